The Balaban J connectivity index is 1.45. The molecule has 0 spiro atoms. The summed E-state index contributed by atoms with van der Waals surface area (Å²) in [5, 5.41) is 10.1. The second-order valence-corrected chi connectivity index (χ2v) is 9.08. The Labute approximate surface area is 174 Å². The number of fused-ring (bicyclic) bond motifs is 2. The summed E-state index contributed by atoms with van der Waals surface area (Å²) in [5.74, 6) is 0.727. The van der Waals surface area contributed by atoms with E-state index in [1.54, 1.807) is 0 Å². The average molecular weight is 402 g/mol. The first-order chi connectivity index (χ1) is 13.9. The third-order valence-electron chi connectivity index (χ3n) is 6.40. The Hall–Kier alpha value is -1.69. The van der Waals surface area contributed by atoms with Gasteiger partial charge in [-0.05, 0) is 43.6 Å². The van der Waals surface area contributed by atoms with Gasteiger partial charge >= 0.3 is 0 Å². The van der Waals surface area contributed by atoms with Crippen LogP contribution in [-0.4, -0.2) is 42.0 Å². The Morgan fingerprint density at radius 2 is 1.90 bits per heavy atom. The van der Waals surface area contributed by atoms with Crippen molar-refractivity contribution in [3.8, 4) is 0 Å². The molecule has 0 saturated carbocycles. The number of hydrogen-bond donors (Lipinski definition) is 1. The summed E-state index contributed by atoms with van der Waals surface area (Å²) in [5.41, 5.74) is 0.649. The largest absolute Gasteiger partial charge is 0.376 e. The van der Waals surface area contributed by atoms with Crippen molar-refractivity contribution in [2.45, 2.75) is 64.8 Å². The Kier molecular flexibility index (Phi) is 7.49. The van der Waals surface area contributed by atoms with E-state index in [-0.39, 0.29) is 5.91 Å². The summed E-state index contributed by atoms with van der Waals surface area (Å²) < 4.78 is 12.2. The van der Waals surface area contributed by atoms with Crippen molar-refractivity contribution < 1.29 is 19.5 Å². The van der Waals surface area contributed by atoms with Crippen LogP contribution in [0, 0.1) is 17.3 Å². The van der Waals surface area contributed by atoms with E-state index in [1.165, 1.54) is 12.6 Å². The van der Waals surface area contributed by atoms with Crippen LogP contribution in [0.4, 0.5) is 0 Å². The quantitative estimate of drug-likeness (QED) is 0.354. The van der Waals surface area contributed by atoms with Crippen molar-refractivity contribution in [2.75, 3.05) is 13.7 Å². The standard InChI is InChI=1S/C24H35NO4/c1-24(2,23(26)25(3)27)15-9-5-8-12-19-20(22-14-13-21(19)29-22)17-28-16-18-10-6-4-7-11-18/h4-8,10-11,19-22,27H,9,12-17H2,1-3H3/t19-,20+,21-,22+/m1/s1. The van der Waals surface area contributed by atoms with Gasteiger partial charge in [-0.1, -0.05) is 56.3 Å². The topological polar surface area (TPSA) is 59.0 Å². The van der Waals surface area contributed by atoms with E-state index in [0.29, 0.717) is 42.1 Å². The van der Waals surface area contributed by atoms with Crippen molar-refractivity contribution in [2.24, 2.45) is 17.3 Å². The molecule has 2 saturated heterocycles. The predicted molar refractivity (Wildman–Crippen MR) is 112 cm³/mol. The Morgan fingerprint density at radius 3 is 2.59 bits per heavy atom. The van der Waals surface area contributed by atoms with E-state index in [9.17, 15) is 10.0 Å². The molecule has 2 aliphatic rings. The lowest BCUT2D eigenvalue weighted by Gasteiger charge is -2.27. The van der Waals surface area contributed by atoms with Crippen LogP contribution in [0.15, 0.2) is 42.5 Å². The van der Waals surface area contributed by atoms with E-state index in [0.717, 1.165) is 32.3 Å². The SMILES string of the molecule is CN(O)C(=O)C(C)(C)CCC=CC[C@@H]1[C@H](COCc2ccccc2)[C@@H]2CC[C@H]1O2. The zero-order valence-corrected chi connectivity index (χ0v) is 17.9. The highest BCUT2D eigenvalue weighted by atomic mass is 16.5. The maximum Gasteiger partial charge on any atom is 0.251 e. The highest BCUT2D eigenvalue weighted by molar-refractivity contribution is 5.80. The van der Waals surface area contributed by atoms with Gasteiger partial charge in [-0.25, -0.2) is 5.06 Å². The number of benzene rings is 1. The second-order valence-electron chi connectivity index (χ2n) is 9.08. The summed E-state index contributed by atoms with van der Waals surface area (Å²) in [6.45, 7) is 5.15. The molecular formula is C24H35NO4. The normalized spacial score (nSPS) is 26.3. The monoisotopic (exact) mass is 401 g/mol. The van der Waals surface area contributed by atoms with Gasteiger partial charge < -0.3 is 9.47 Å². The van der Waals surface area contributed by atoms with Gasteiger partial charge in [0.25, 0.3) is 5.91 Å². The number of nitrogens with zero attached hydrogens (tertiary/aromatic N) is 1. The third-order valence-corrected chi connectivity index (χ3v) is 6.40. The van der Waals surface area contributed by atoms with Crippen LogP contribution < -0.4 is 0 Å². The Morgan fingerprint density at radius 1 is 1.21 bits per heavy atom. The van der Waals surface area contributed by atoms with E-state index >= 15 is 0 Å². The second kappa shape index (κ2) is 9.88. The predicted octanol–water partition coefficient (Wildman–Crippen LogP) is 4.60. The lowest BCUT2D eigenvalue weighted by atomic mass is 9.78. The number of hydroxylamine groups is 2. The van der Waals surface area contributed by atoms with E-state index in [2.05, 4.69) is 24.3 Å². The van der Waals surface area contributed by atoms with Crippen molar-refractivity contribution in [3.63, 3.8) is 0 Å². The molecule has 1 aromatic rings. The van der Waals surface area contributed by atoms with Gasteiger partial charge in [0.2, 0.25) is 0 Å². The van der Waals surface area contributed by atoms with Crippen LogP contribution in [0.3, 0.4) is 0 Å². The minimum absolute atomic E-state index is 0.247. The molecule has 1 aromatic carbocycles. The highest BCUT2D eigenvalue weighted by Gasteiger charge is 2.48. The molecule has 29 heavy (non-hydrogen) atoms. The summed E-state index contributed by atoms with van der Waals surface area (Å²) in [6, 6.07) is 10.3. The van der Waals surface area contributed by atoms with E-state index in [4.69, 9.17) is 9.47 Å². The summed E-state index contributed by atoms with van der Waals surface area (Å²) in [4.78, 5) is 12.0. The van der Waals surface area contributed by atoms with Gasteiger partial charge in [-0.3, -0.25) is 10.0 Å². The van der Waals surface area contributed by atoms with Crippen molar-refractivity contribution in [3.05, 3.63) is 48.0 Å². The van der Waals surface area contributed by atoms with Gasteiger partial charge in [0.15, 0.2) is 0 Å². The Bertz CT molecular complexity index is 685. The van der Waals surface area contributed by atoms with Gasteiger partial charge in [0.1, 0.15) is 0 Å². The molecule has 160 valence electrons. The molecule has 3 rings (SSSR count). The number of carbonyl (C=O) groups excluding carboxylic acids is 1. The van der Waals surface area contributed by atoms with Crippen LogP contribution in [-0.2, 0) is 20.9 Å². The molecule has 2 aliphatic heterocycles. The van der Waals surface area contributed by atoms with Gasteiger partial charge in [-0.2, -0.15) is 0 Å². The number of amides is 1. The van der Waals surface area contributed by atoms with Gasteiger partial charge in [0.05, 0.1) is 25.4 Å². The first-order valence-electron chi connectivity index (χ1n) is 10.8. The van der Waals surface area contributed by atoms with Gasteiger partial charge in [0, 0.05) is 18.4 Å². The molecule has 1 amide bonds. The lowest BCUT2D eigenvalue weighted by Crippen LogP contribution is -2.36. The third kappa shape index (κ3) is 5.68. The molecule has 4 atom stereocenters. The number of hydrogen-bond acceptors (Lipinski definition) is 4. The molecule has 1 N–H and O–H groups in total. The molecule has 2 fully saturated rings. The van der Waals surface area contributed by atoms with Crippen LogP contribution in [0.2, 0.25) is 0 Å². The van der Waals surface area contributed by atoms with Crippen LogP contribution in [0.25, 0.3) is 0 Å². The van der Waals surface area contributed by atoms with E-state index < -0.39 is 5.41 Å². The molecule has 0 radical (unpaired) electrons. The fraction of sp³-hybridized carbons (Fsp3) is 0.625. The van der Waals surface area contributed by atoms with Crippen LogP contribution >= 0.6 is 0 Å². The van der Waals surface area contributed by atoms with Crippen LogP contribution in [0.1, 0.15) is 51.5 Å². The van der Waals surface area contributed by atoms with Crippen molar-refractivity contribution >= 4 is 5.91 Å². The summed E-state index contributed by atoms with van der Waals surface area (Å²) in [7, 11) is 1.38. The number of ether oxygens (including phenoxy) is 2. The minimum Gasteiger partial charge on any atom is -0.376 e. The first-order valence-corrected chi connectivity index (χ1v) is 10.8. The zero-order chi connectivity index (χ0) is 20.9. The molecule has 5 heteroatoms. The molecular weight excluding hydrogens is 366 g/mol. The number of carbonyl (C=O) groups is 1. The molecule has 2 bridgehead atoms. The summed E-state index contributed by atoms with van der Waals surface area (Å²) >= 11 is 0. The first kappa shape index (κ1) is 22.0. The highest BCUT2D eigenvalue weighted by Crippen LogP contribution is 2.45. The van der Waals surface area contributed by atoms with Crippen molar-refractivity contribution in [1.82, 2.24) is 5.06 Å². The fourth-order valence-electron chi connectivity index (χ4n) is 4.68. The number of allylic oxidation sites excluding steroid dienone is 2. The average Bonchev–Trinajstić information content (AvgIpc) is 3.30. The van der Waals surface area contributed by atoms with Gasteiger partial charge in [-0.15, -0.1) is 0 Å². The fourth-order valence-corrected chi connectivity index (χ4v) is 4.68. The molecule has 0 aromatic heterocycles. The maximum absolute atomic E-state index is 12.0. The van der Waals surface area contributed by atoms with Crippen LogP contribution in [0.5, 0.6) is 0 Å². The van der Waals surface area contributed by atoms with Crippen molar-refractivity contribution in [1.29, 1.82) is 0 Å². The molecule has 5 nitrogen and oxygen atoms in total. The molecule has 0 unspecified atom stereocenters. The minimum atomic E-state index is -0.558. The van der Waals surface area contributed by atoms with E-state index in [1.807, 2.05) is 32.0 Å². The number of rotatable bonds is 10. The summed E-state index contributed by atoms with van der Waals surface area (Å²) in [6.07, 6.45) is 9.93. The molecule has 0 aliphatic carbocycles. The molecule has 2 heterocycles. The zero-order valence-electron chi connectivity index (χ0n) is 17.9. The smallest absolute Gasteiger partial charge is 0.251 e. The lowest BCUT2D eigenvalue weighted by molar-refractivity contribution is -0.169. The maximum atomic E-state index is 12.0.